The van der Waals surface area contributed by atoms with E-state index in [0.29, 0.717) is 24.1 Å². The molecule has 0 atom stereocenters. The lowest BCUT2D eigenvalue weighted by molar-refractivity contribution is -0.385. The molecule has 0 radical (unpaired) electrons. The van der Waals surface area contributed by atoms with E-state index in [0.717, 1.165) is 32.7 Å². The summed E-state index contributed by atoms with van der Waals surface area (Å²) in [5.74, 6) is -0.263. The molecular formula is C15H22N4O3. The fourth-order valence-corrected chi connectivity index (χ4v) is 2.54. The van der Waals surface area contributed by atoms with Crippen LogP contribution in [0, 0.1) is 10.1 Å². The molecule has 0 unspecified atom stereocenters. The van der Waals surface area contributed by atoms with Gasteiger partial charge >= 0.3 is 0 Å². The zero-order valence-electron chi connectivity index (χ0n) is 12.8. The van der Waals surface area contributed by atoms with Gasteiger partial charge in [0.05, 0.1) is 4.92 Å². The Morgan fingerprint density at radius 2 is 2.14 bits per heavy atom. The fourth-order valence-electron chi connectivity index (χ4n) is 2.54. The maximum Gasteiger partial charge on any atom is 0.273 e. The minimum atomic E-state index is -0.434. The van der Waals surface area contributed by atoms with E-state index in [2.05, 4.69) is 15.5 Å². The number of hydrogen-bond acceptors (Lipinski definition) is 5. The smallest absolute Gasteiger partial charge is 0.273 e. The molecule has 7 heteroatoms. The second kappa shape index (κ2) is 7.86. The van der Waals surface area contributed by atoms with Crippen LogP contribution in [0.5, 0.6) is 0 Å². The number of rotatable bonds is 6. The van der Waals surface area contributed by atoms with Crippen molar-refractivity contribution < 1.29 is 9.72 Å². The molecule has 1 aromatic rings. The summed E-state index contributed by atoms with van der Waals surface area (Å²) in [6.07, 6.45) is 0.571. The summed E-state index contributed by atoms with van der Waals surface area (Å²) < 4.78 is 0. The lowest BCUT2D eigenvalue weighted by Crippen LogP contribution is -2.46. The quantitative estimate of drug-likeness (QED) is 0.599. The van der Waals surface area contributed by atoms with Gasteiger partial charge in [0.15, 0.2) is 0 Å². The van der Waals surface area contributed by atoms with Gasteiger partial charge in [0, 0.05) is 56.5 Å². The Labute approximate surface area is 129 Å². The molecule has 0 spiro atoms. The molecule has 1 aromatic carbocycles. The summed E-state index contributed by atoms with van der Waals surface area (Å²) in [6.45, 7) is 7.09. The lowest BCUT2D eigenvalue weighted by atomic mass is 10.1. The van der Waals surface area contributed by atoms with E-state index in [1.807, 2.05) is 6.92 Å². The first-order chi connectivity index (χ1) is 10.6. The predicted molar refractivity (Wildman–Crippen MR) is 84.1 cm³/mol. The highest BCUT2D eigenvalue weighted by Crippen LogP contribution is 2.20. The molecule has 22 heavy (non-hydrogen) atoms. The molecule has 1 aliphatic rings. The third-order valence-electron chi connectivity index (χ3n) is 3.85. The van der Waals surface area contributed by atoms with Crippen molar-refractivity contribution in [3.63, 3.8) is 0 Å². The van der Waals surface area contributed by atoms with E-state index >= 15 is 0 Å². The third kappa shape index (κ3) is 4.25. The van der Waals surface area contributed by atoms with Gasteiger partial charge in [-0.3, -0.25) is 19.8 Å². The van der Waals surface area contributed by atoms with Crippen molar-refractivity contribution in [2.75, 3.05) is 39.3 Å². The van der Waals surface area contributed by atoms with Gasteiger partial charge in [-0.15, -0.1) is 0 Å². The maximum absolute atomic E-state index is 12.1. The van der Waals surface area contributed by atoms with Crippen LogP contribution >= 0.6 is 0 Å². The Hall–Kier alpha value is -1.99. The highest BCUT2D eigenvalue weighted by atomic mass is 16.6. The molecule has 1 aliphatic heterocycles. The van der Waals surface area contributed by atoms with Gasteiger partial charge in [-0.05, 0) is 12.5 Å². The molecule has 1 heterocycles. The summed E-state index contributed by atoms with van der Waals surface area (Å²) in [7, 11) is 0. The molecule has 2 rings (SSSR count). The summed E-state index contributed by atoms with van der Waals surface area (Å²) in [4.78, 5) is 25.0. The van der Waals surface area contributed by atoms with Crippen LogP contribution in [-0.2, 0) is 6.42 Å². The standard InChI is InChI=1S/C15H22N4O3/c1-2-12-3-4-13(11-14(12)19(21)22)15(20)17-7-10-18-8-5-16-6-9-18/h3-4,11,16H,2,5-10H2,1H3,(H,17,20). The molecular weight excluding hydrogens is 284 g/mol. The summed E-state index contributed by atoms with van der Waals surface area (Å²) in [5.41, 5.74) is 0.990. The van der Waals surface area contributed by atoms with E-state index < -0.39 is 4.92 Å². The molecule has 0 bridgehead atoms. The summed E-state index contributed by atoms with van der Waals surface area (Å²) in [6, 6.07) is 4.66. The number of piperazine rings is 1. The highest BCUT2D eigenvalue weighted by molar-refractivity contribution is 5.95. The SMILES string of the molecule is CCc1ccc(C(=O)NCCN2CCNCC2)cc1[N+](=O)[O-]. The van der Waals surface area contributed by atoms with Crippen LogP contribution in [0.1, 0.15) is 22.8 Å². The zero-order valence-corrected chi connectivity index (χ0v) is 12.8. The number of nitro groups is 1. The van der Waals surface area contributed by atoms with Gasteiger partial charge in [-0.25, -0.2) is 0 Å². The van der Waals surface area contributed by atoms with Crippen LogP contribution in [0.4, 0.5) is 5.69 Å². The van der Waals surface area contributed by atoms with Crippen molar-refractivity contribution in [1.82, 2.24) is 15.5 Å². The Bertz CT molecular complexity index is 542. The molecule has 120 valence electrons. The zero-order chi connectivity index (χ0) is 15.9. The van der Waals surface area contributed by atoms with Crippen LogP contribution in [-0.4, -0.2) is 55.0 Å². The average molecular weight is 306 g/mol. The first kappa shape index (κ1) is 16.4. The number of amides is 1. The maximum atomic E-state index is 12.1. The molecule has 7 nitrogen and oxygen atoms in total. The van der Waals surface area contributed by atoms with E-state index in [1.54, 1.807) is 12.1 Å². The number of nitrogens with zero attached hydrogens (tertiary/aromatic N) is 2. The third-order valence-corrected chi connectivity index (χ3v) is 3.85. The molecule has 1 amide bonds. The average Bonchev–Trinajstić information content (AvgIpc) is 2.55. The van der Waals surface area contributed by atoms with E-state index in [9.17, 15) is 14.9 Å². The second-order valence-corrected chi connectivity index (χ2v) is 5.30. The van der Waals surface area contributed by atoms with Crippen LogP contribution in [0.15, 0.2) is 18.2 Å². The van der Waals surface area contributed by atoms with Gasteiger partial charge in [-0.2, -0.15) is 0 Å². The molecule has 0 saturated carbocycles. The van der Waals surface area contributed by atoms with Gasteiger partial charge in [0.1, 0.15) is 0 Å². The normalized spacial score (nSPS) is 15.5. The number of nitro benzene ring substituents is 1. The van der Waals surface area contributed by atoms with Gasteiger partial charge in [-0.1, -0.05) is 13.0 Å². The second-order valence-electron chi connectivity index (χ2n) is 5.30. The van der Waals surface area contributed by atoms with E-state index in [-0.39, 0.29) is 11.6 Å². The highest BCUT2D eigenvalue weighted by Gasteiger charge is 2.16. The van der Waals surface area contributed by atoms with E-state index in [1.165, 1.54) is 6.07 Å². The topological polar surface area (TPSA) is 87.5 Å². The Morgan fingerprint density at radius 3 is 2.77 bits per heavy atom. The minimum Gasteiger partial charge on any atom is -0.351 e. The summed E-state index contributed by atoms with van der Waals surface area (Å²) in [5, 5.41) is 17.1. The molecule has 0 aliphatic carbocycles. The van der Waals surface area contributed by atoms with Crippen LogP contribution in [0.2, 0.25) is 0 Å². The number of carbonyl (C=O) groups excluding carboxylic acids is 1. The van der Waals surface area contributed by atoms with Crippen molar-refractivity contribution in [3.05, 3.63) is 39.4 Å². The summed E-state index contributed by atoms with van der Waals surface area (Å²) >= 11 is 0. The number of benzene rings is 1. The number of nitrogens with one attached hydrogen (secondary N) is 2. The van der Waals surface area contributed by atoms with Crippen LogP contribution < -0.4 is 10.6 Å². The Morgan fingerprint density at radius 1 is 1.41 bits per heavy atom. The lowest BCUT2D eigenvalue weighted by Gasteiger charge is -2.27. The van der Waals surface area contributed by atoms with Crippen molar-refractivity contribution in [1.29, 1.82) is 0 Å². The largest absolute Gasteiger partial charge is 0.351 e. The first-order valence-electron chi connectivity index (χ1n) is 7.60. The van der Waals surface area contributed by atoms with Gasteiger partial charge < -0.3 is 10.6 Å². The van der Waals surface area contributed by atoms with Crippen LogP contribution in [0.3, 0.4) is 0 Å². The van der Waals surface area contributed by atoms with Crippen molar-refractivity contribution >= 4 is 11.6 Å². The molecule has 2 N–H and O–H groups in total. The molecule has 1 saturated heterocycles. The van der Waals surface area contributed by atoms with Crippen LogP contribution in [0.25, 0.3) is 0 Å². The minimum absolute atomic E-state index is 0.0113. The van der Waals surface area contributed by atoms with Crippen molar-refractivity contribution in [2.45, 2.75) is 13.3 Å². The number of aryl methyl sites for hydroxylation is 1. The van der Waals surface area contributed by atoms with Crippen molar-refractivity contribution in [2.24, 2.45) is 0 Å². The number of hydrogen-bond donors (Lipinski definition) is 2. The van der Waals surface area contributed by atoms with Crippen molar-refractivity contribution in [3.8, 4) is 0 Å². The van der Waals surface area contributed by atoms with Gasteiger partial charge in [0.2, 0.25) is 0 Å². The molecule has 0 aromatic heterocycles. The monoisotopic (exact) mass is 306 g/mol. The molecule has 1 fully saturated rings. The van der Waals surface area contributed by atoms with E-state index in [4.69, 9.17) is 0 Å². The van der Waals surface area contributed by atoms with Gasteiger partial charge in [0.25, 0.3) is 11.6 Å². The first-order valence-corrected chi connectivity index (χ1v) is 7.60. The number of carbonyl (C=O) groups is 1. The Balaban J connectivity index is 1.91. The predicted octanol–water partition coefficient (Wildman–Crippen LogP) is 0.792. The fraction of sp³-hybridized carbons (Fsp3) is 0.533. The Kier molecular flexibility index (Phi) is 5.85.